The molecule has 5 atom stereocenters. The van der Waals surface area contributed by atoms with Crippen molar-refractivity contribution in [2.24, 2.45) is 23.7 Å². The van der Waals surface area contributed by atoms with Crippen LogP contribution >= 0.6 is 11.3 Å². The lowest BCUT2D eigenvalue weighted by Crippen LogP contribution is -2.35. The second kappa shape index (κ2) is 3.86. The molecule has 1 aromatic rings. The summed E-state index contributed by atoms with van der Waals surface area (Å²) in [5.41, 5.74) is 0. The molecule has 4 heteroatoms. The molecular weight excluding hydrogens is 268 g/mol. The van der Waals surface area contributed by atoms with Crippen LogP contribution in [-0.2, 0) is 4.79 Å². The van der Waals surface area contributed by atoms with Gasteiger partial charge in [-0.2, -0.15) is 0 Å². The van der Waals surface area contributed by atoms with Crippen LogP contribution in [0, 0.1) is 30.6 Å². The van der Waals surface area contributed by atoms with E-state index >= 15 is 0 Å². The Balaban J connectivity index is 1.45. The van der Waals surface area contributed by atoms with E-state index in [4.69, 9.17) is 0 Å². The van der Waals surface area contributed by atoms with Crippen LogP contribution in [0.5, 0.6) is 0 Å². The molecule has 20 heavy (non-hydrogen) atoms. The zero-order valence-corrected chi connectivity index (χ0v) is 12.5. The maximum Gasteiger partial charge on any atom is 0.238 e. The standard InChI is InChI=1S/C16H20N2OS/c1-8-2-5-11(20-8)16-17-7-12(19)18(16)15-13-9-3-4-10(6-9)14(13)15/h2,5,9-10,13-17H,3-4,6-7H2,1H3. The lowest BCUT2D eigenvalue weighted by Gasteiger charge is -2.26. The number of hydrogen-bond acceptors (Lipinski definition) is 3. The van der Waals surface area contributed by atoms with Crippen LogP contribution in [0.2, 0.25) is 0 Å². The second-order valence-electron chi connectivity index (χ2n) is 7.01. The molecule has 4 fully saturated rings. The molecule has 1 aliphatic heterocycles. The molecule has 3 nitrogen and oxygen atoms in total. The van der Waals surface area contributed by atoms with Crippen LogP contribution in [0.25, 0.3) is 0 Å². The summed E-state index contributed by atoms with van der Waals surface area (Å²) in [6, 6.07) is 4.91. The Kier molecular flexibility index (Phi) is 2.27. The van der Waals surface area contributed by atoms with E-state index in [1.807, 2.05) is 11.3 Å². The van der Waals surface area contributed by atoms with Gasteiger partial charge in [0.05, 0.1) is 6.54 Å². The number of nitrogens with one attached hydrogen (secondary N) is 1. The van der Waals surface area contributed by atoms with E-state index in [0.717, 1.165) is 23.7 Å². The lowest BCUT2D eigenvalue weighted by molar-refractivity contribution is -0.129. The largest absolute Gasteiger partial charge is 0.317 e. The van der Waals surface area contributed by atoms with Crippen molar-refractivity contribution in [3.05, 3.63) is 21.9 Å². The van der Waals surface area contributed by atoms with Gasteiger partial charge in [0, 0.05) is 15.8 Å². The summed E-state index contributed by atoms with van der Waals surface area (Å²) in [6.45, 7) is 2.66. The molecule has 0 radical (unpaired) electrons. The van der Waals surface area contributed by atoms with E-state index < -0.39 is 0 Å². The number of carbonyl (C=O) groups is 1. The summed E-state index contributed by atoms with van der Waals surface area (Å²) >= 11 is 1.82. The molecule has 3 saturated carbocycles. The maximum absolute atomic E-state index is 12.4. The van der Waals surface area contributed by atoms with Crippen LogP contribution in [-0.4, -0.2) is 23.4 Å². The van der Waals surface area contributed by atoms with E-state index in [0.29, 0.717) is 18.5 Å². The van der Waals surface area contributed by atoms with Gasteiger partial charge in [-0.3, -0.25) is 10.1 Å². The van der Waals surface area contributed by atoms with E-state index in [9.17, 15) is 4.79 Å². The van der Waals surface area contributed by atoms with Crippen molar-refractivity contribution in [3.63, 3.8) is 0 Å². The zero-order chi connectivity index (χ0) is 13.4. The first-order valence-corrected chi connectivity index (χ1v) is 8.66. The van der Waals surface area contributed by atoms with Gasteiger partial charge in [-0.15, -0.1) is 11.3 Å². The second-order valence-corrected chi connectivity index (χ2v) is 8.33. The fraction of sp³-hybridized carbons (Fsp3) is 0.688. The molecule has 0 spiro atoms. The van der Waals surface area contributed by atoms with Gasteiger partial charge in [0.2, 0.25) is 5.91 Å². The van der Waals surface area contributed by atoms with Crippen molar-refractivity contribution >= 4 is 17.2 Å². The first-order chi connectivity index (χ1) is 9.74. The highest BCUT2D eigenvalue weighted by Gasteiger charge is 2.68. The third-order valence-corrected chi connectivity index (χ3v) is 7.11. The van der Waals surface area contributed by atoms with Gasteiger partial charge < -0.3 is 4.90 Å². The Hall–Kier alpha value is -0.870. The molecule has 3 aliphatic carbocycles. The number of thiophene rings is 1. The van der Waals surface area contributed by atoms with Crippen LogP contribution in [0.4, 0.5) is 0 Å². The minimum atomic E-state index is 0.149. The van der Waals surface area contributed by atoms with Gasteiger partial charge in [0.1, 0.15) is 6.17 Å². The average molecular weight is 288 g/mol. The van der Waals surface area contributed by atoms with Crippen molar-refractivity contribution in [2.45, 2.75) is 38.4 Å². The first kappa shape index (κ1) is 11.8. The van der Waals surface area contributed by atoms with Crippen LogP contribution in [0.15, 0.2) is 12.1 Å². The number of nitrogens with zero attached hydrogens (tertiary/aromatic N) is 1. The fourth-order valence-corrected chi connectivity index (χ4v) is 6.30. The predicted molar refractivity (Wildman–Crippen MR) is 78.2 cm³/mol. The number of amides is 1. The highest BCUT2D eigenvalue weighted by Crippen LogP contribution is 2.68. The van der Waals surface area contributed by atoms with Crippen molar-refractivity contribution < 1.29 is 4.79 Å². The smallest absolute Gasteiger partial charge is 0.238 e. The van der Waals surface area contributed by atoms with Gasteiger partial charge in [-0.25, -0.2) is 0 Å². The lowest BCUT2D eigenvalue weighted by atomic mass is 10.0. The van der Waals surface area contributed by atoms with Gasteiger partial charge in [-0.05, 0) is 62.0 Å². The summed E-state index contributed by atoms with van der Waals surface area (Å²) in [6.07, 6.45) is 4.43. The summed E-state index contributed by atoms with van der Waals surface area (Å²) < 4.78 is 0. The Morgan fingerprint density at radius 3 is 2.65 bits per heavy atom. The van der Waals surface area contributed by atoms with Gasteiger partial charge in [0.25, 0.3) is 0 Å². The van der Waals surface area contributed by atoms with Gasteiger partial charge in [-0.1, -0.05) is 0 Å². The van der Waals surface area contributed by atoms with Crippen LogP contribution in [0.3, 0.4) is 0 Å². The minimum absolute atomic E-state index is 0.149. The molecule has 106 valence electrons. The molecule has 2 heterocycles. The molecule has 1 N–H and O–H groups in total. The van der Waals surface area contributed by atoms with Crippen molar-refractivity contribution in [3.8, 4) is 0 Å². The number of aryl methyl sites for hydroxylation is 1. The Morgan fingerprint density at radius 1 is 1.25 bits per heavy atom. The number of fused-ring (bicyclic) bond motifs is 5. The maximum atomic E-state index is 12.4. The zero-order valence-electron chi connectivity index (χ0n) is 11.7. The van der Waals surface area contributed by atoms with Gasteiger partial charge >= 0.3 is 0 Å². The highest BCUT2D eigenvalue weighted by molar-refractivity contribution is 7.12. The third-order valence-electron chi connectivity index (χ3n) is 6.06. The number of carbonyl (C=O) groups excluding carboxylic acids is 1. The van der Waals surface area contributed by atoms with Crippen LogP contribution < -0.4 is 5.32 Å². The molecule has 1 aromatic heterocycles. The van der Waals surface area contributed by atoms with Crippen LogP contribution in [0.1, 0.15) is 35.2 Å². The third kappa shape index (κ3) is 1.41. The summed E-state index contributed by atoms with van der Waals surface area (Å²) in [4.78, 5) is 17.2. The van der Waals surface area contributed by atoms with Crippen molar-refractivity contribution in [1.29, 1.82) is 0 Å². The molecule has 2 bridgehead atoms. The van der Waals surface area contributed by atoms with E-state index in [2.05, 4.69) is 29.3 Å². The number of rotatable bonds is 2. The topological polar surface area (TPSA) is 32.3 Å². The molecule has 4 aliphatic rings. The molecule has 1 amide bonds. The highest BCUT2D eigenvalue weighted by atomic mass is 32.1. The Morgan fingerprint density at radius 2 is 2.00 bits per heavy atom. The summed E-state index contributed by atoms with van der Waals surface area (Å²) in [5, 5.41) is 3.43. The normalized spacial score (nSPS) is 45.2. The monoisotopic (exact) mass is 288 g/mol. The van der Waals surface area contributed by atoms with E-state index in [1.165, 1.54) is 29.0 Å². The fourth-order valence-electron chi connectivity index (χ4n) is 5.34. The Bertz CT molecular complexity index is 567. The molecule has 1 saturated heterocycles. The quantitative estimate of drug-likeness (QED) is 0.907. The average Bonchev–Trinajstić information content (AvgIpc) is 2.93. The Labute approximate surface area is 123 Å². The predicted octanol–water partition coefficient (Wildman–Crippen LogP) is 2.53. The van der Waals surface area contributed by atoms with Gasteiger partial charge in [0.15, 0.2) is 0 Å². The molecule has 5 rings (SSSR count). The van der Waals surface area contributed by atoms with Crippen molar-refractivity contribution in [2.75, 3.05) is 6.54 Å². The summed E-state index contributed by atoms with van der Waals surface area (Å²) in [7, 11) is 0. The summed E-state index contributed by atoms with van der Waals surface area (Å²) in [5.74, 6) is 3.84. The molecule has 5 unspecified atom stereocenters. The SMILES string of the molecule is Cc1ccc(C2NCC(=O)N2C2C3C4CCC(C4)C32)s1. The molecule has 0 aromatic carbocycles. The first-order valence-electron chi connectivity index (χ1n) is 7.85. The minimum Gasteiger partial charge on any atom is -0.317 e. The number of hydrogen-bond donors (Lipinski definition) is 1. The molecular formula is C16H20N2OS. The van der Waals surface area contributed by atoms with E-state index in [1.54, 1.807) is 0 Å². The van der Waals surface area contributed by atoms with E-state index in [-0.39, 0.29) is 6.17 Å². The van der Waals surface area contributed by atoms with Crippen molar-refractivity contribution in [1.82, 2.24) is 10.2 Å².